The maximum Gasteiger partial charge on any atom is 0.417 e. The third-order valence-corrected chi connectivity index (χ3v) is 4.64. The first kappa shape index (κ1) is 16.1. The summed E-state index contributed by atoms with van der Waals surface area (Å²) in [4.78, 5) is 21.9. The summed E-state index contributed by atoms with van der Waals surface area (Å²) in [5, 5.41) is 2.97. The van der Waals surface area contributed by atoms with E-state index in [2.05, 4.69) is 15.3 Å². The molecule has 25 heavy (non-hydrogen) atoms. The Morgan fingerprint density at radius 3 is 2.80 bits per heavy atom. The minimum Gasteiger partial charge on any atom is -0.351 e. The second-order valence-corrected chi connectivity index (χ2v) is 6.38. The molecule has 5 nitrogen and oxygen atoms in total. The number of nitrogens with one attached hydrogen (secondary N) is 1. The average molecular weight is 369 g/mol. The fourth-order valence-corrected chi connectivity index (χ4v) is 3.36. The molecule has 0 atom stereocenters. The van der Waals surface area contributed by atoms with Crippen LogP contribution in [0.25, 0.3) is 0 Å². The number of hydrogen-bond acceptors (Lipinski definition) is 4. The minimum absolute atomic E-state index is 0.223. The zero-order chi connectivity index (χ0) is 17.8. The Labute approximate surface area is 145 Å². The molecule has 1 amide bonds. The molecule has 2 aliphatic heterocycles. The number of halogens is 4. The lowest BCUT2D eigenvalue weighted by atomic mass is 10.0. The summed E-state index contributed by atoms with van der Waals surface area (Å²) in [5.74, 6) is 0.249. The molecule has 4 heterocycles. The van der Waals surface area contributed by atoms with Gasteiger partial charge in [0.15, 0.2) is 0 Å². The highest BCUT2D eigenvalue weighted by molar-refractivity contribution is 6.33. The molecule has 2 aromatic rings. The van der Waals surface area contributed by atoms with Crippen molar-refractivity contribution in [2.75, 3.05) is 11.4 Å². The number of carbonyl (C=O) groups is 1. The zero-order valence-electron chi connectivity index (χ0n) is 12.8. The van der Waals surface area contributed by atoms with Crippen LogP contribution in [0.5, 0.6) is 0 Å². The zero-order valence-corrected chi connectivity index (χ0v) is 13.6. The van der Waals surface area contributed by atoms with Crippen molar-refractivity contribution in [3.8, 4) is 0 Å². The van der Waals surface area contributed by atoms with Gasteiger partial charge in [-0.3, -0.25) is 9.78 Å². The maximum atomic E-state index is 12.9. The predicted octanol–water partition coefficient (Wildman–Crippen LogP) is 2.95. The van der Waals surface area contributed by atoms with Crippen molar-refractivity contribution in [2.24, 2.45) is 0 Å². The highest BCUT2D eigenvalue weighted by Crippen LogP contribution is 2.34. The maximum absolute atomic E-state index is 12.9. The fraction of sp³-hybridized carbons (Fsp3) is 0.312. The molecule has 0 aliphatic carbocycles. The van der Waals surface area contributed by atoms with Gasteiger partial charge in [-0.2, -0.15) is 13.2 Å². The van der Waals surface area contributed by atoms with Crippen molar-refractivity contribution in [1.29, 1.82) is 0 Å². The van der Waals surface area contributed by atoms with E-state index in [0.717, 1.165) is 12.3 Å². The summed E-state index contributed by atoms with van der Waals surface area (Å²) >= 11 is 6.26. The van der Waals surface area contributed by atoms with Gasteiger partial charge in [-0.15, -0.1) is 0 Å². The van der Waals surface area contributed by atoms with Crippen molar-refractivity contribution in [1.82, 2.24) is 15.3 Å². The second-order valence-electron chi connectivity index (χ2n) is 5.97. The number of anilines is 1. The van der Waals surface area contributed by atoms with Crippen molar-refractivity contribution >= 4 is 23.3 Å². The molecule has 0 spiro atoms. The van der Waals surface area contributed by atoms with Crippen LogP contribution in [-0.2, 0) is 25.7 Å². The highest BCUT2D eigenvalue weighted by atomic mass is 35.5. The van der Waals surface area contributed by atoms with Gasteiger partial charge in [-0.25, -0.2) is 4.98 Å². The third kappa shape index (κ3) is 2.80. The van der Waals surface area contributed by atoms with Gasteiger partial charge in [0.1, 0.15) is 5.82 Å². The molecule has 4 rings (SSSR count). The van der Waals surface area contributed by atoms with Gasteiger partial charge >= 0.3 is 6.18 Å². The monoisotopic (exact) mass is 368 g/mol. The van der Waals surface area contributed by atoms with Crippen LogP contribution in [0.1, 0.15) is 32.9 Å². The first-order chi connectivity index (χ1) is 11.8. The first-order valence-electron chi connectivity index (χ1n) is 7.60. The summed E-state index contributed by atoms with van der Waals surface area (Å²) in [5.41, 5.74) is 1.42. The summed E-state index contributed by atoms with van der Waals surface area (Å²) < 4.78 is 38.7. The number of fused-ring (bicyclic) bond motifs is 2. The van der Waals surface area contributed by atoms with Gasteiger partial charge in [0.2, 0.25) is 0 Å². The fourth-order valence-electron chi connectivity index (χ4n) is 3.09. The molecule has 0 unspecified atom stereocenters. The number of rotatable bonds is 1. The van der Waals surface area contributed by atoms with E-state index in [1.165, 1.54) is 0 Å². The lowest BCUT2D eigenvalue weighted by molar-refractivity contribution is -0.137. The van der Waals surface area contributed by atoms with E-state index in [9.17, 15) is 18.0 Å². The number of amides is 1. The molecule has 9 heteroatoms. The van der Waals surface area contributed by atoms with Gasteiger partial charge in [0.25, 0.3) is 5.91 Å². The van der Waals surface area contributed by atoms with Gasteiger partial charge in [0, 0.05) is 31.4 Å². The van der Waals surface area contributed by atoms with Crippen LogP contribution in [0, 0.1) is 0 Å². The molecular weight excluding hydrogens is 357 g/mol. The lowest BCUT2D eigenvalue weighted by Crippen LogP contribution is -2.32. The molecule has 1 N–H and O–H groups in total. The minimum atomic E-state index is -4.43. The predicted molar refractivity (Wildman–Crippen MR) is 84.4 cm³/mol. The number of aromatic nitrogens is 2. The number of alkyl halides is 3. The van der Waals surface area contributed by atoms with Crippen LogP contribution < -0.4 is 10.2 Å². The van der Waals surface area contributed by atoms with Crippen LogP contribution in [0.3, 0.4) is 0 Å². The Hall–Kier alpha value is -2.35. The van der Waals surface area contributed by atoms with Gasteiger partial charge in [-0.05, 0) is 17.7 Å². The Kier molecular flexibility index (Phi) is 3.61. The van der Waals surface area contributed by atoms with E-state index in [1.807, 2.05) is 4.90 Å². The van der Waals surface area contributed by atoms with Gasteiger partial charge in [-0.1, -0.05) is 11.6 Å². The SMILES string of the molecule is O=C1NCc2nc(N3CCc4ncc(C(F)(F)F)cc4C3)c(Cl)cc21. The van der Waals surface area contributed by atoms with Crippen molar-refractivity contribution in [3.63, 3.8) is 0 Å². The van der Waals surface area contributed by atoms with Crippen molar-refractivity contribution < 1.29 is 18.0 Å². The smallest absolute Gasteiger partial charge is 0.351 e. The molecule has 0 radical (unpaired) electrons. The Balaban J connectivity index is 1.68. The van der Waals surface area contributed by atoms with E-state index < -0.39 is 11.7 Å². The standard InChI is InChI=1S/C16H12ClF3N4O/c17-11-4-10-13(6-22-15(10)25)23-14(11)24-2-1-12-8(7-24)3-9(5-21-12)16(18,19)20/h3-5H,1-2,6-7H2,(H,22,25). The van der Waals surface area contributed by atoms with Gasteiger partial charge in [0.05, 0.1) is 28.4 Å². The van der Waals surface area contributed by atoms with E-state index in [0.29, 0.717) is 52.9 Å². The van der Waals surface area contributed by atoms with Crippen molar-refractivity contribution in [2.45, 2.75) is 25.7 Å². The summed E-state index contributed by atoms with van der Waals surface area (Å²) in [6.45, 7) is 1.10. The van der Waals surface area contributed by atoms with E-state index >= 15 is 0 Å². The highest BCUT2D eigenvalue weighted by Gasteiger charge is 2.33. The topological polar surface area (TPSA) is 58.1 Å². The molecule has 0 aromatic carbocycles. The first-order valence-corrected chi connectivity index (χ1v) is 7.98. The molecule has 2 aliphatic rings. The van der Waals surface area contributed by atoms with E-state index in [-0.39, 0.29) is 12.5 Å². The van der Waals surface area contributed by atoms with E-state index in [1.54, 1.807) is 6.07 Å². The molecule has 0 saturated carbocycles. The van der Waals surface area contributed by atoms with Gasteiger partial charge < -0.3 is 10.2 Å². The van der Waals surface area contributed by atoms with Crippen LogP contribution >= 0.6 is 11.6 Å². The number of hydrogen-bond donors (Lipinski definition) is 1. The number of pyridine rings is 2. The quantitative estimate of drug-likeness (QED) is 0.840. The third-order valence-electron chi connectivity index (χ3n) is 4.36. The Morgan fingerprint density at radius 1 is 1.24 bits per heavy atom. The molecule has 0 fully saturated rings. The average Bonchev–Trinajstić information content (AvgIpc) is 2.92. The van der Waals surface area contributed by atoms with Crippen LogP contribution in [0.15, 0.2) is 18.3 Å². The van der Waals surface area contributed by atoms with Crippen LogP contribution in [-0.4, -0.2) is 22.4 Å². The second kappa shape index (κ2) is 5.59. The Bertz CT molecular complexity index is 884. The molecule has 2 aromatic heterocycles. The van der Waals surface area contributed by atoms with Crippen LogP contribution in [0.4, 0.5) is 19.0 Å². The Morgan fingerprint density at radius 2 is 2.04 bits per heavy atom. The van der Waals surface area contributed by atoms with Crippen LogP contribution in [0.2, 0.25) is 5.02 Å². The number of nitrogens with zero attached hydrogens (tertiary/aromatic N) is 3. The summed E-state index contributed by atoms with van der Waals surface area (Å²) in [6, 6.07) is 2.68. The molecule has 0 bridgehead atoms. The molecular formula is C16H12ClF3N4O. The largest absolute Gasteiger partial charge is 0.417 e. The molecule has 130 valence electrons. The van der Waals surface area contributed by atoms with E-state index in [4.69, 9.17) is 11.6 Å². The normalized spacial score (nSPS) is 16.5. The summed E-state index contributed by atoms with van der Waals surface area (Å²) in [7, 11) is 0. The summed E-state index contributed by atoms with van der Waals surface area (Å²) in [6.07, 6.45) is -3.06. The lowest BCUT2D eigenvalue weighted by Gasteiger charge is -2.30. The van der Waals surface area contributed by atoms with Crippen molar-refractivity contribution in [3.05, 3.63) is 51.4 Å². The molecule has 0 saturated heterocycles. The number of carbonyl (C=O) groups excluding carboxylic acids is 1.